The van der Waals surface area contributed by atoms with Gasteiger partial charge in [-0.1, -0.05) is 13.0 Å². The number of benzene rings is 1. The average Bonchev–Trinajstić information content (AvgIpc) is 2.46. The van der Waals surface area contributed by atoms with Gasteiger partial charge in [0.05, 0.1) is 13.2 Å². The molecule has 2 atom stereocenters. The van der Waals surface area contributed by atoms with Crippen LogP contribution in [-0.4, -0.2) is 30.3 Å². The Morgan fingerprint density at radius 1 is 1.19 bits per heavy atom. The highest BCUT2D eigenvalue weighted by Crippen LogP contribution is 2.31. The van der Waals surface area contributed by atoms with E-state index in [1.807, 2.05) is 27.7 Å². The molecule has 2 unspecified atom stereocenters. The van der Waals surface area contributed by atoms with Gasteiger partial charge in [-0.25, -0.2) is 0 Å². The molecule has 5 nitrogen and oxygen atoms in total. The zero-order valence-electron chi connectivity index (χ0n) is 13.2. The number of carboxylic acid groups (broad SMARTS) is 1. The van der Waals surface area contributed by atoms with E-state index < -0.39 is 12.0 Å². The highest BCUT2D eigenvalue weighted by molar-refractivity contribution is 5.76. The van der Waals surface area contributed by atoms with Crippen LogP contribution >= 0.6 is 0 Å². The van der Waals surface area contributed by atoms with Crippen LogP contribution in [0.25, 0.3) is 0 Å². The lowest BCUT2D eigenvalue weighted by Crippen LogP contribution is -2.34. The predicted octanol–water partition coefficient (Wildman–Crippen LogP) is 3.00. The van der Waals surface area contributed by atoms with E-state index in [4.69, 9.17) is 9.47 Å². The zero-order valence-corrected chi connectivity index (χ0v) is 13.2. The van der Waals surface area contributed by atoms with Crippen molar-refractivity contribution in [2.75, 3.05) is 13.2 Å². The number of carboxylic acids is 1. The summed E-state index contributed by atoms with van der Waals surface area (Å²) in [6, 6.07) is 4.63. The molecule has 21 heavy (non-hydrogen) atoms. The van der Waals surface area contributed by atoms with Gasteiger partial charge in [0.2, 0.25) is 0 Å². The highest BCUT2D eigenvalue weighted by Gasteiger charge is 2.22. The normalized spacial score (nSPS) is 13.5. The smallest absolute Gasteiger partial charge is 0.325 e. The molecule has 0 bridgehead atoms. The van der Waals surface area contributed by atoms with Gasteiger partial charge in [-0.15, -0.1) is 0 Å². The van der Waals surface area contributed by atoms with Crippen LogP contribution in [0.2, 0.25) is 0 Å². The lowest BCUT2D eigenvalue weighted by atomic mass is 10.0. The molecule has 0 aliphatic heterocycles. The Kier molecular flexibility index (Phi) is 7.02. The van der Waals surface area contributed by atoms with E-state index in [0.29, 0.717) is 30.3 Å². The number of hydrogen-bond acceptors (Lipinski definition) is 4. The van der Waals surface area contributed by atoms with Crippen molar-refractivity contribution in [3.63, 3.8) is 0 Å². The minimum Gasteiger partial charge on any atom is -0.490 e. The Morgan fingerprint density at radius 2 is 1.81 bits per heavy atom. The zero-order chi connectivity index (χ0) is 15.8. The Morgan fingerprint density at radius 3 is 2.33 bits per heavy atom. The first-order valence-corrected chi connectivity index (χ1v) is 7.41. The molecule has 2 N–H and O–H groups in total. The van der Waals surface area contributed by atoms with Crippen LogP contribution in [0.15, 0.2) is 18.2 Å². The molecule has 0 saturated carbocycles. The van der Waals surface area contributed by atoms with Crippen molar-refractivity contribution >= 4 is 5.97 Å². The van der Waals surface area contributed by atoms with Crippen molar-refractivity contribution in [2.45, 2.75) is 46.2 Å². The molecule has 0 aliphatic rings. The van der Waals surface area contributed by atoms with Gasteiger partial charge < -0.3 is 14.6 Å². The summed E-state index contributed by atoms with van der Waals surface area (Å²) in [5.41, 5.74) is 0.662. The molecule has 1 rings (SSSR count). The third-order valence-electron chi connectivity index (χ3n) is 3.21. The van der Waals surface area contributed by atoms with Gasteiger partial charge in [-0.2, -0.15) is 0 Å². The first-order valence-electron chi connectivity index (χ1n) is 7.41. The molecule has 0 fully saturated rings. The van der Waals surface area contributed by atoms with E-state index in [1.165, 1.54) is 0 Å². The third-order valence-corrected chi connectivity index (χ3v) is 3.21. The van der Waals surface area contributed by atoms with Crippen molar-refractivity contribution in [1.82, 2.24) is 5.32 Å². The summed E-state index contributed by atoms with van der Waals surface area (Å²) in [6.07, 6.45) is 0.860. The van der Waals surface area contributed by atoms with E-state index in [-0.39, 0.29) is 6.04 Å². The van der Waals surface area contributed by atoms with Crippen molar-refractivity contribution in [2.24, 2.45) is 0 Å². The quantitative estimate of drug-likeness (QED) is 0.733. The highest BCUT2D eigenvalue weighted by atomic mass is 16.5. The molecular formula is C16H25NO4. The van der Waals surface area contributed by atoms with Gasteiger partial charge in [0.15, 0.2) is 11.5 Å². The summed E-state index contributed by atoms with van der Waals surface area (Å²) in [5.74, 6) is 0.312. The van der Waals surface area contributed by atoms with Crippen LogP contribution in [0.4, 0.5) is 0 Å². The molecular weight excluding hydrogens is 270 g/mol. The van der Waals surface area contributed by atoms with Gasteiger partial charge in [0, 0.05) is 6.04 Å². The molecule has 1 aromatic rings. The van der Waals surface area contributed by atoms with Gasteiger partial charge in [0.25, 0.3) is 0 Å². The maximum absolute atomic E-state index is 11.5. The molecule has 118 valence electrons. The number of ether oxygens (including phenoxy) is 2. The van der Waals surface area contributed by atoms with Crippen LogP contribution in [0.1, 0.15) is 45.7 Å². The van der Waals surface area contributed by atoms with Crippen LogP contribution in [0.3, 0.4) is 0 Å². The Balaban J connectivity index is 3.08. The fourth-order valence-electron chi connectivity index (χ4n) is 1.96. The van der Waals surface area contributed by atoms with Gasteiger partial charge in [-0.3, -0.25) is 10.1 Å². The number of aliphatic carboxylic acids is 1. The standard InChI is InChI=1S/C16H25NO4/c1-5-11(4)17-15(16(18)19)12-8-9-13(20-6-2)14(10-12)21-7-3/h8-11,15,17H,5-7H2,1-4H3,(H,18,19). The van der Waals surface area contributed by atoms with Gasteiger partial charge in [0.1, 0.15) is 6.04 Å². The fourth-order valence-corrected chi connectivity index (χ4v) is 1.96. The molecule has 0 amide bonds. The van der Waals surface area contributed by atoms with Gasteiger partial charge >= 0.3 is 5.97 Å². The molecule has 5 heteroatoms. The Labute approximate surface area is 126 Å². The second-order valence-corrected chi connectivity index (χ2v) is 4.82. The predicted molar refractivity (Wildman–Crippen MR) is 82.0 cm³/mol. The van der Waals surface area contributed by atoms with Crippen LogP contribution in [0.5, 0.6) is 11.5 Å². The van der Waals surface area contributed by atoms with E-state index in [0.717, 1.165) is 6.42 Å². The van der Waals surface area contributed by atoms with E-state index in [1.54, 1.807) is 18.2 Å². The van der Waals surface area contributed by atoms with Crippen LogP contribution in [-0.2, 0) is 4.79 Å². The Hall–Kier alpha value is -1.75. The lowest BCUT2D eigenvalue weighted by molar-refractivity contribution is -0.139. The number of nitrogens with one attached hydrogen (secondary N) is 1. The van der Waals surface area contributed by atoms with Crippen LogP contribution < -0.4 is 14.8 Å². The van der Waals surface area contributed by atoms with E-state index in [2.05, 4.69) is 5.32 Å². The minimum atomic E-state index is -0.901. The molecule has 1 aromatic carbocycles. The maximum atomic E-state index is 11.5. The number of hydrogen-bond donors (Lipinski definition) is 2. The monoisotopic (exact) mass is 295 g/mol. The topological polar surface area (TPSA) is 67.8 Å². The Bertz CT molecular complexity index is 462. The van der Waals surface area contributed by atoms with Crippen molar-refractivity contribution in [3.8, 4) is 11.5 Å². The summed E-state index contributed by atoms with van der Waals surface area (Å²) < 4.78 is 11.0. The van der Waals surface area contributed by atoms with Crippen molar-refractivity contribution in [1.29, 1.82) is 0 Å². The summed E-state index contributed by atoms with van der Waals surface area (Å²) in [5, 5.41) is 12.5. The SMILES string of the molecule is CCOc1ccc(C(NC(C)CC)C(=O)O)cc1OCC. The summed E-state index contributed by atoms with van der Waals surface area (Å²) in [4.78, 5) is 11.5. The first-order chi connectivity index (χ1) is 10.0. The maximum Gasteiger partial charge on any atom is 0.325 e. The molecule has 0 spiro atoms. The van der Waals surface area contributed by atoms with E-state index in [9.17, 15) is 9.90 Å². The average molecular weight is 295 g/mol. The van der Waals surface area contributed by atoms with E-state index >= 15 is 0 Å². The largest absolute Gasteiger partial charge is 0.490 e. The summed E-state index contributed by atoms with van der Waals surface area (Å²) in [7, 11) is 0. The second-order valence-electron chi connectivity index (χ2n) is 4.82. The number of rotatable bonds is 9. The first kappa shape index (κ1) is 17.3. The summed E-state index contributed by atoms with van der Waals surface area (Å²) >= 11 is 0. The summed E-state index contributed by atoms with van der Waals surface area (Å²) in [6.45, 7) is 8.80. The third kappa shape index (κ3) is 4.93. The number of carbonyl (C=O) groups is 1. The molecule has 0 saturated heterocycles. The minimum absolute atomic E-state index is 0.119. The molecule has 0 aromatic heterocycles. The van der Waals surface area contributed by atoms with Crippen molar-refractivity contribution in [3.05, 3.63) is 23.8 Å². The second kappa shape index (κ2) is 8.52. The lowest BCUT2D eigenvalue weighted by Gasteiger charge is -2.21. The fraction of sp³-hybridized carbons (Fsp3) is 0.562. The molecule has 0 radical (unpaired) electrons. The molecule has 0 aliphatic carbocycles. The van der Waals surface area contributed by atoms with Crippen LogP contribution in [0, 0.1) is 0 Å². The van der Waals surface area contributed by atoms with Crippen molar-refractivity contribution < 1.29 is 19.4 Å². The molecule has 0 heterocycles. The van der Waals surface area contributed by atoms with Gasteiger partial charge in [-0.05, 0) is 44.9 Å².